The monoisotopic (exact) mass is 328 g/mol. The van der Waals surface area contributed by atoms with Gasteiger partial charge in [-0.15, -0.1) is 0 Å². The summed E-state index contributed by atoms with van der Waals surface area (Å²) in [5.41, 5.74) is 1.81. The first-order valence-corrected chi connectivity index (χ1v) is 6.81. The molecular formula is C13H17BrN2O3. The molecule has 0 unspecified atom stereocenters. The molecule has 3 N–H and O–H groups in total. The minimum absolute atomic E-state index is 0.132. The van der Waals surface area contributed by atoms with Crippen LogP contribution in [0.4, 0.5) is 10.5 Å². The SMILES string of the molecule is Cc1ccc(NC(=O)NCCCCC(=O)O)c(Br)c1. The number of urea groups is 1. The number of amides is 2. The van der Waals surface area contributed by atoms with Gasteiger partial charge in [-0.25, -0.2) is 4.79 Å². The summed E-state index contributed by atoms with van der Waals surface area (Å²) in [7, 11) is 0. The first-order valence-electron chi connectivity index (χ1n) is 6.02. The molecule has 1 aromatic rings. The fraction of sp³-hybridized carbons (Fsp3) is 0.385. The third-order valence-electron chi connectivity index (χ3n) is 2.48. The number of nitrogens with one attached hydrogen (secondary N) is 2. The Balaban J connectivity index is 2.29. The van der Waals surface area contributed by atoms with E-state index in [1.807, 2.05) is 25.1 Å². The van der Waals surface area contributed by atoms with Crippen molar-refractivity contribution in [3.8, 4) is 0 Å². The van der Waals surface area contributed by atoms with Gasteiger partial charge in [-0.05, 0) is 53.4 Å². The van der Waals surface area contributed by atoms with Gasteiger partial charge in [-0.3, -0.25) is 4.79 Å². The lowest BCUT2D eigenvalue weighted by atomic mass is 10.2. The van der Waals surface area contributed by atoms with Gasteiger partial charge in [0, 0.05) is 17.4 Å². The molecule has 2 amide bonds. The van der Waals surface area contributed by atoms with Crippen molar-refractivity contribution in [2.24, 2.45) is 0 Å². The van der Waals surface area contributed by atoms with Crippen LogP contribution in [0.2, 0.25) is 0 Å². The summed E-state index contributed by atoms with van der Waals surface area (Å²) in [4.78, 5) is 21.9. The normalized spacial score (nSPS) is 10.0. The lowest BCUT2D eigenvalue weighted by Gasteiger charge is -2.09. The Bertz CT molecular complexity index is 463. The molecule has 0 atom stereocenters. The van der Waals surface area contributed by atoms with Crippen molar-refractivity contribution in [1.82, 2.24) is 5.32 Å². The van der Waals surface area contributed by atoms with Crippen LogP contribution in [-0.4, -0.2) is 23.7 Å². The number of carboxylic acid groups (broad SMARTS) is 1. The average molecular weight is 329 g/mol. The molecule has 5 nitrogen and oxygen atoms in total. The lowest BCUT2D eigenvalue weighted by molar-refractivity contribution is -0.137. The summed E-state index contributed by atoms with van der Waals surface area (Å²) >= 11 is 3.38. The second-order valence-corrected chi connectivity index (χ2v) is 5.07. The summed E-state index contributed by atoms with van der Waals surface area (Å²) in [6.07, 6.45) is 1.34. The van der Waals surface area contributed by atoms with Crippen molar-refractivity contribution in [2.75, 3.05) is 11.9 Å². The van der Waals surface area contributed by atoms with E-state index in [2.05, 4.69) is 26.6 Å². The number of hydrogen-bond acceptors (Lipinski definition) is 2. The summed E-state index contributed by atoms with van der Waals surface area (Å²) < 4.78 is 0.827. The van der Waals surface area contributed by atoms with Gasteiger partial charge in [0.15, 0.2) is 0 Å². The smallest absolute Gasteiger partial charge is 0.319 e. The van der Waals surface area contributed by atoms with Gasteiger partial charge in [-0.2, -0.15) is 0 Å². The number of carbonyl (C=O) groups is 2. The van der Waals surface area contributed by atoms with Crippen molar-refractivity contribution in [3.63, 3.8) is 0 Å². The highest BCUT2D eigenvalue weighted by Gasteiger charge is 2.05. The predicted octanol–water partition coefficient (Wildman–Crippen LogP) is 3.13. The van der Waals surface area contributed by atoms with Gasteiger partial charge in [0.25, 0.3) is 0 Å². The van der Waals surface area contributed by atoms with Gasteiger partial charge in [-0.1, -0.05) is 6.07 Å². The lowest BCUT2D eigenvalue weighted by Crippen LogP contribution is -2.29. The van der Waals surface area contributed by atoms with Crippen molar-refractivity contribution in [2.45, 2.75) is 26.2 Å². The van der Waals surface area contributed by atoms with Crippen LogP contribution in [0.25, 0.3) is 0 Å². The molecular weight excluding hydrogens is 312 g/mol. The number of benzene rings is 1. The molecule has 0 aromatic heterocycles. The van der Waals surface area contributed by atoms with E-state index in [1.165, 1.54) is 0 Å². The van der Waals surface area contributed by atoms with E-state index in [4.69, 9.17) is 5.11 Å². The van der Waals surface area contributed by atoms with Crippen LogP contribution in [-0.2, 0) is 4.79 Å². The van der Waals surface area contributed by atoms with Crippen LogP contribution in [0, 0.1) is 6.92 Å². The van der Waals surface area contributed by atoms with Crippen LogP contribution in [0.3, 0.4) is 0 Å². The summed E-state index contributed by atoms with van der Waals surface area (Å²) in [6, 6.07) is 5.36. The third-order valence-corrected chi connectivity index (χ3v) is 3.13. The van der Waals surface area contributed by atoms with E-state index in [0.717, 1.165) is 10.0 Å². The molecule has 0 saturated carbocycles. The molecule has 0 aliphatic heterocycles. The van der Waals surface area contributed by atoms with E-state index in [0.29, 0.717) is 25.1 Å². The molecule has 1 rings (SSSR count). The van der Waals surface area contributed by atoms with Crippen LogP contribution < -0.4 is 10.6 Å². The Morgan fingerprint density at radius 1 is 1.32 bits per heavy atom. The maximum atomic E-state index is 11.6. The quantitative estimate of drug-likeness (QED) is 0.702. The number of carboxylic acids is 1. The molecule has 1 aromatic carbocycles. The van der Waals surface area contributed by atoms with Crippen molar-refractivity contribution in [1.29, 1.82) is 0 Å². The molecule has 0 fully saturated rings. The molecule has 0 aliphatic rings. The number of halogens is 1. The van der Waals surface area contributed by atoms with Gasteiger partial charge in [0.1, 0.15) is 0 Å². The molecule has 19 heavy (non-hydrogen) atoms. The molecule has 6 heteroatoms. The molecule has 104 valence electrons. The zero-order valence-electron chi connectivity index (χ0n) is 10.7. The molecule has 0 saturated heterocycles. The number of hydrogen-bond donors (Lipinski definition) is 3. The van der Waals surface area contributed by atoms with Gasteiger partial charge < -0.3 is 15.7 Å². The number of anilines is 1. The molecule has 0 heterocycles. The predicted molar refractivity (Wildman–Crippen MR) is 77.4 cm³/mol. The largest absolute Gasteiger partial charge is 0.481 e. The first-order chi connectivity index (χ1) is 8.99. The Labute approximate surface area is 120 Å². The van der Waals surface area contributed by atoms with E-state index in [9.17, 15) is 9.59 Å². The summed E-state index contributed by atoms with van der Waals surface area (Å²) in [5, 5.41) is 13.9. The Kier molecular flexibility index (Phi) is 6.35. The van der Waals surface area contributed by atoms with Gasteiger partial charge in [0.05, 0.1) is 5.69 Å². The highest BCUT2D eigenvalue weighted by atomic mass is 79.9. The molecule has 0 spiro atoms. The standard InChI is InChI=1S/C13H17BrN2O3/c1-9-5-6-11(10(14)8-9)16-13(19)15-7-3-2-4-12(17)18/h5-6,8H,2-4,7H2,1H3,(H,17,18)(H2,15,16,19). The highest BCUT2D eigenvalue weighted by molar-refractivity contribution is 9.10. The summed E-state index contributed by atoms with van der Waals surface area (Å²) in [5.74, 6) is -0.812. The second kappa shape index (κ2) is 7.78. The van der Waals surface area contributed by atoms with Crippen LogP contribution in [0.15, 0.2) is 22.7 Å². The number of unbranched alkanes of at least 4 members (excludes halogenated alkanes) is 1. The number of aryl methyl sites for hydroxylation is 1. The second-order valence-electron chi connectivity index (χ2n) is 4.22. The van der Waals surface area contributed by atoms with E-state index >= 15 is 0 Å². The number of carbonyl (C=O) groups excluding carboxylic acids is 1. The molecule has 0 radical (unpaired) electrons. The first kappa shape index (κ1) is 15.5. The van der Waals surface area contributed by atoms with Crippen molar-refractivity contribution < 1.29 is 14.7 Å². The number of rotatable bonds is 6. The third kappa shape index (κ3) is 6.24. The number of aliphatic carboxylic acids is 1. The summed E-state index contributed by atoms with van der Waals surface area (Å²) in [6.45, 7) is 2.43. The van der Waals surface area contributed by atoms with Crippen LogP contribution in [0.5, 0.6) is 0 Å². The molecule has 0 bridgehead atoms. The van der Waals surface area contributed by atoms with Crippen LogP contribution in [0.1, 0.15) is 24.8 Å². The Hall–Kier alpha value is -1.56. The van der Waals surface area contributed by atoms with Crippen LogP contribution >= 0.6 is 15.9 Å². The van der Waals surface area contributed by atoms with E-state index in [-0.39, 0.29) is 12.5 Å². The highest BCUT2D eigenvalue weighted by Crippen LogP contribution is 2.23. The Morgan fingerprint density at radius 3 is 2.68 bits per heavy atom. The Morgan fingerprint density at radius 2 is 2.05 bits per heavy atom. The van der Waals surface area contributed by atoms with E-state index in [1.54, 1.807) is 0 Å². The maximum Gasteiger partial charge on any atom is 0.319 e. The maximum absolute atomic E-state index is 11.6. The van der Waals surface area contributed by atoms with Gasteiger partial charge in [0.2, 0.25) is 0 Å². The minimum atomic E-state index is -0.812. The average Bonchev–Trinajstić information content (AvgIpc) is 2.32. The minimum Gasteiger partial charge on any atom is -0.481 e. The fourth-order valence-corrected chi connectivity index (χ4v) is 2.08. The molecule has 0 aliphatic carbocycles. The van der Waals surface area contributed by atoms with Crippen molar-refractivity contribution in [3.05, 3.63) is 28.2 Å². The zero-order valence-corrected chi connectivity index (χ0v) is 12.3. The zero-order chi connectivity index (χ0) is 14.3. The van der Waals surface area contributed by atoms with Gasteiger partial charge >= 0.3 is 12.0 Å². The topological polar surface area (TPSA) is 78.4 Å². The van der Waals surface area contributed by atoms with Crippen molar-refractivity contribution >= 4 is 33.6 Å². The van der Waals surface area contributed by atoms with E-state index < -0.39 is 5.97 Å². The fourth-order valence-electron chi connectivity index (χ4n) is 1.49.